The number of carboxylic acids is 1. The molecular formula is C10H15NO4. The van der Waals surface area contributed by atoms with Gasteiger partial charge in [0.05, 0.1) is 0 Å². The average molecular weight is 213 g/mol. The van der Waals surface area contributed by atoms with Crippen molar-refractivity contribution in [1.82, 2.24) is 5.32 Å². The Morgan fingerprint density at radius 2 is 1.87 bits per heavy atom. The summed E-state index contributed by atoms with van der Waals surface area (Å²) in [7, 11) is 0. The lowest BCUT2D eigenvalue weighted by Gasteiger charge is -2.11. The van der Waals surface area contributed by atoms with E-state index in [0.29, 0.717) is 25.3 Å². The summed E-state index contributed by atoms with van der Waals surface area (Å²) in [4.78, 5) is 22.1. The maximum absolute atomic E-state index is 11.5. The van der Waals surface area contributed by atoms with Crippen molar-refractivity contribution in [1.29, 1.82) is 0 Å². The lowest BCUT2D eigenvalue weighted by atomic mass is 10.2. The summed E-state index contributed by atoms with van der Waals surface area (Å²) >= 11 is 0. The Labute approximate surface area is 87.8 Å². The Hall–Kier alpha value is -1.10. The molecule has 0 radical (unpaired) electrons. The monoisotopic (exact) mass is 213 g/mol. The van der Waals surface area contributed by atoms with E-state index >= 15 is 0 Å². The van der Waals surface area contributed by atoms with E-state index in [4.69, 9.17) is 9.84 Å². The van der Waals surface area contributed by atoms with Crippen LogP contribution >= 0.6 is 0 Å². The molecule has 2 atom stereocenters. The van der Waals surface area contributed by atoms with Gasteiger partial charge in [-0.3, -0.25) is 4.79 Å². The Bertz CT molecular complexity index is 275. The SMILES string of the molecule is O=C(NCC1CC1)[C@@H]1CC[C@H](C(=O)O)O1. The molecule has 0 aromatic rings. The average Bonchev–Trinajstić information content (AvgIpc) is 2.88. The van der Waals surface area contributed by atoms with Crippen LogP contribution in [0.4, 0.5) is 0 Å². The molecule has 1 saturated carbocycles. The zero-order valence-electron chi connectivity index (χ0n) is 8.44. The molecule has 15 heavy (non-hydrogen) atoms. The van der Waals surface area contributed by atoms with Crippen molar-refractivity contribution in [3.05, 3.63) is 0 Å². The molecule has 1 aliphatic carbocycles. The van der Waals surface area contributed by atoms with E-state index in [0.717, 1.165) is 0 Å². The fraction of sp³-hybridized carbons (Fsp3) is 0.800. The molecule has 0 spiro atoms. The second-order valence-corrected chi connectivity index (χ2v) is 4.22. The van der Waals surface area contributed by atoms with Crippen LogP contribution in [0.25, 0.3) is 0 Å². The van der Waals surface area contributed by atoms with Gasteiger partial charge in [0.1, 0.15) is 6.10 Å². The fourth-order valence-electron chi connectivity index (χ4n) is 1.69. The summed E-state index contributed by atoms with van der Waals surface area (Å²) in [5.41, 5.74) is 0. The smallest absolute Gasteiger partial charge is 0.332 e. The Kier molecular flexibility index (Phi) is 2.90. The Balaban J connectivity index is 1.73. The first-order valence-corrected chi connectivity index (χ1v) is 5.33. The van der Waals surface area contributed by atoms with E-state index in [1.165, 1.54) is 12.8 Å². The first-order valence-electron chi connectivity index (χ1n) is 5.33. The van der Waals surface area contributed by atoms with Gasteiger partial charge in [0, 0.05) is 6.54 Å². The highest BCUT2D eigenvalue weighted by Crippen LogP contribution is 2.28. The molecule has 2 rings (SSSR count). The summed E-state index contributed by atoms with van der Waals surface area (Å²) < 4.78 is 5.13. The molecule has 84 valence electrons. The molecule has 1 amide bonds. The van der Waals surface area contributed by atoms with Crippen LogP contribution in [-0.4, -0.2) is 35.7 Å². The molecule has 0 unspecified atom stereocenters. The van der Waals surface area contributed by atoms with Crippen molar-refractivity contribution in [2.45, 2.75) is 37.9 Å². The van der Waals surface area contributed by atoms with Crippen molar-refractivity contribution in [2.24, 2.45) is 5.92 Å². The predicted molar refractivity (Wildman–Crippen MR) is 51.3 cm³/mol. The minimum absolute atomic E-state index is 0.161. The van der Waals surface area contributed by atoms with Crippen LogP contribution in [0.1, 0.15) is 25.7 Å². The van der Waals surface area contributed by atoms with Crippen LogP contribution in [0.5, 0.6) is 0 Å². The minimum atomic E-state index is -0.979. The third-order valence-corrected chi connectivity index (χ3v) is 2.85. The highest BCUT2D eigenvalue weighted by atomic mass is 16.5. The van der Waals surface area contributed by atoms with E-state index < -0.39 is 18.2 Å². The van der Waals surface area contributed by atoms with Gasteiger partial charge < -0.3 is 15.2 Å². The van der Waals surface area contributed by atoms with E-state index in [1.807, 2.05) is 0 Å². The van der Waals surface area contributed by atoms with E-state index in [-0.39, 0.29) is 5.91 Å². The molecule has 2 fully saturated rings. The number of hydrogen-bond donors (Lipinski definition) is 2. The summed E-state index contributed by atoms with van der Waals surface area (Å²) in [5, 5.41) is 11.5. The highest BCUT2D eigenvalue weighted by Gasteiger charge is 2.35. The third kappa shape index (κ3) is 2.68. The van der Waals surface area contributed by atoms with E-state index in [2.05, 4.69) is 5.32 Å². The Morgan fingerprint density at radius 1 is 1.20 bits per heavy atom. The standard InChI is InChI=1S/C10H15NO4/c12-9(11-5-6-1-2-6)7-3-4-8(15-7)10(13)14/h6-8H,1-5H2,(H,11,12)(H,13,14)/t7-,8+/m0/s1. The number of rotatable bonds is 4. The third-order valence-electron chi connectivity index (χ3n) is 2.85. The van der Waals surface area contributed by atoms with Crippen LogP contribution in [0.3, 0.4) is 0 Å². The molecule has 2 aliphatic rings. The number of carboxylic acid groups (broad SMARTS) is 1. The first-order chi connectivity index (χ1) is 7.16. The fourth-order valence-corrected chi connectivity index (χ4v) is 1.69. The summed E-state index contributed by atoms with van der Waals surface area (Å²) in [6.45, 7) is 0.705. The van der Waals surface area contributed by atoms with Gasteiger partial charge in [-0.1, -0.05) is 0 Å². The van der Waals surface area contributed by atoms with Crippen molar-refractivity contribution < 1.29 is 19.4 Å². The molecule has 1 aliphatic heterocycles. The zero-order valence-corrected chi connectivity index (χ0v) is 8.44. The lowest BCUT2D eigenvalue weighted by Crippen LogP contribution is -2.36. The quantitative estimate of drug-likeness (QED) is 0.696. The first kappa shape index (κ1) is 10.4. The van der Waals surface area contributed by atoms with Crippen molar-refractivity contribution in [3.8, 4) is 0 Å². The number of amides is 1. The number of ether oxygens (including phenoxy) is 1. The van der Waals surface area contributed by atoms with Gasteiger partial charge in [0.25, 0.3) is 0 Å². The second kappa shape index (κ2) is 4.18. The summed E-state index contributed by atoms with van der Waals surface area (Å²) in [6, 6.07) is 0. The maximum atomic E-state index is 11.5. The zero-order chi connectivity index (χ0) is 10.8. The largest absolute Gasteiger partial charge is 0.479 e. The van der Waals surface area contributed by atoms with Crippen LogP contribution < -0.4 is 5.32 Å². The van der Waals surface area contributed by atoms with Gasteiger partial charge in [-0.15, -0.1) is 0 Å². The van der Waals surface area contributed by atoms with Crippen molar-refractivity contribution in [2.75, 3.05) is 6.54 Å². The summed E-state index contributed by atoms with van der Waals surface area (Å²) in [6.07, 6.45) is 1.93. The molecular weight excluding hydrogens is 198 g/mol. The highest BCUT2D eigenvalue weighted by molar-refractivity contribution is 5.82. The van der Waals surface area contributed by atoms with Crippen molar-refractivity contribution >= 4 is 11.9 Å². The number of nitrogens with one attached hydrogen (secondary N) is 1. The molecule has 1 heterocycles. The molecule has 2 N–H and O–H groups in total. The topological polar surface area (TPSA) is 75.6 Å². The van der Waals surface area contributed by atoms with Gasteiger partial charge in [-0.05, 0) is 31.6 Å². The van der Waals surface area contributed by atoms with Gasteiger partial charge in [-0.25, -0.2) is 4.79 Å². The predicted octanol–water partition coefficient (Wildman–Crippen LogP) is 0.145. The Morgan fingerprint density at radius 3 is 2.40 bits per heavy atom. The number of hydrogen-bond acceptors (Lipinski definition) is 3. The van der Waals surface area contributed by atoms with Crippen LogP contribution in [0.15, 0.2) is 0 Å². The normalized spacial score (nSPS) is 30.1. The number of aliphatic carboxylic acids is 1. The minimum Gasteiger partial charge on any atom is -0.479 e. The molecule has 0 aromatic carbocycles. The molecule has 0 bridgehead atoms. The van der Waals surface area contributed by atoms with Gasteiger partial charge in [0.15, 0.2) is 6.10 Å². The maximum Gasteiger partial charge on any atom is 0.332 e. The van der Waals surface area contributed by atoms with Gasteiger partial charge >= 0.3 is 5.97 Å². The van der Waals surface area contributed by atoms with E-state index in [1.54, 1.807) is 0 Å². The van der Waals surface area contributed by atoms with Crippen molar-refractivity contribution in [3.63, 3.8) is 0 Å². The molecule has 0 aromatic heterocycles. The van der Waals surface area contributed by atoms with Crippen LogP contribution in [0.2, 0.25) is 0 Å². The van der Waals surface area contributed by atoms with Gasteiger partial charge in [-0.2, -0.15) is 0 Å². The lowest BCUT2D eigenvalue weighted by molar-refractivity contribution is -0.151. The van der Waals surface area contributed by atoms with Crippen LogP contribution in [-0.2, 0) is 14.3 Å². The number of carbonyl (C=O) groups is 2. The molecule has 1 saturated heterocycles. The summed E-state index contributed by atoms with van der Waals surface area (Å²) in [5.74, 6) is -0.510. The molecule has 5 heteroatoms. The van der Waals surface area contributed by atoms with Crippen LogP contribution in [0, 0.1) is 5.92 Å². The number of carbonyl (C=O) groups excluding carboxylic acids is 1. The second-order valence-electron chi connectivity index (χ2n) is 4.22. The van der Waals surface area contributed by atoms with E-state index in [9.17, 15) is 9.59 Å². The van der Waals surface area contributed by atoms with Gasteiger partial charge in [0.2, 0.25) is 5.91 Å². The molecule has 5 nitrogen and oxygen atoms in total.